The Kier molecular flexibility index (Phi) is 5.83. The summed E-state index contributed by atoms with van der Waals surface area (Å²) in [6.07, 6.45) is 3.68. The summed E-state index contributed by atoms with van der Waals surface area (Å²) in [7, 11) is 0. The molecular formula is C17H21N3O4S. The van der Waals surface area contributed by atoms with Gasteiger partial charge in [0.15, 0.2) is 0 Å². The maximum absolute atomic E-state index is 12.7. The lowest BCUT2D eigenvalue weighted by atomic mass is 10.2. The van der Waals surface area contributed by atoms with Crippen LogP contribution in [-0.2, 0) is 22.6 Å². The molecule has 8 heteroatoms. The molecule has 0 aliphatic carbocycles. The predicted octanol–water partition coefficient (Wildman–Crippen LogP) is 1.20. The fourth-order valence-corrected chi connectivity index (χ4v) is 3.55. The second-order valence-electron chi connectivity index (χ2n) is 6.09. The standard InChI is InChI=1S/C17H21N3O4S/c21-15-3-6-19(17(23)18-15)7-4-16(22)20(10-13-5-9-25-12-13)11-14-2-1-8-24-14/h3,5-6,9,12,14H,1-2,4,7-8,10-11H2,(H,18,21,23)/t14-/m1/s1. The van der Waals surface area contributed by atoms with Crippen molar-refractivity contribution in [3.8, 4) is 0 Å². The van der Waals surface area contributed by atoms with E-state index < -0.39 is 11.2 Å². The Morgan fingerprint density at radius 2 is 2.28 bits per heavy atom. The Balaban J connectivity index is 1.64. The molecule has 0 aromatic carbocycles. The van der Waals surface area contributed by atoms with Gasteiger partial charge in [0, 0.05) is 44.9 Å². The van der Waals surface area contributed by atoms with Crippen LogP contribution in [0.3, 0.4) is 0 Å². The number of thiophene rings is 1. The number of H-pyrrole nitrogens is 1. The van der Waals surface area contributed by atoms with Crippen molar-refractivity contribution >= 4 is 17.2 Å². The maximum atomic E-state index is 12.7. The Hall–Kier alpha value is -2.19. The zero-order valence-electron chi connectivity index (χ0n) is 13.8. The van der Waals surface area contributed by atoms with E-state index in [0.29, 0.717) is 13.1 Å². The summed E-state index contributed by atoms with van der Waals surface area (Å²) < 4.78 is 7.00. The third-order valence-electron chi connectivity index (χ3n) is 4.22. The van der Waals surface area contributed by atoms with Crippen molar-refractivity contribution in [3.05, 3.63) is 55.5 Å². The zero-order valence-corrected chi connectivity index (χ0v) is 14.7. The van der Waals surface area contributed by atoms with Crippen molar-refractivity contribution in [2.45, 2.75) is 38.5 Å². The molecule has 134 valence electrons. The maximum Gasteiger partial charge on any atom is 0.328 e. The van der Waals surface area contributed by atoms with Gasteiger partial charge in [-0.25, -0.2) is 4.79 Å². The fourth-order valence-electron chi connectivity index (χ4n) is 2.89. The molecule has 1 fully saturated rings. The van der Waals surface area contributed by atoms with E-state index in [1.54, 1.807) is 16.2 Å². The molecule has 0 bridgehead atoms. The normalized spacial score (nSPS) is 16.9. The molecule has 2 aromatic rings. The smallest absolute Gasteiger partial charge is 0.328 e. The van der Waals surface area contributed by atoms with Gasteiger partial charge in [-0.2, -0.15) is 11.3 Å². The van der Waals surface area contributed by atoms with Crippen LogP contribution in [0.5, 0.6) is 0 Å². The van der Waals surface area contributed by atoms with Gasteiger partial charge in [0.05, 0.1) is 6.10 Å². The lowest BCUT2D eigenvalue weighted by molar-refractivity contribution is -0.133. The second kappa shape index (κ2) is 8.26. The van der Waals surface area contributed by atoms with Crippen LogP contribution in [0.15, 0.2) is 38.7 Å². The summed E-state index contributed by atoms with van der Waals surface area (Å²) in [4.78, 5) is 39.5. The molecule has 1 N–H and O–H groups in total. The summed E-state index contributed by atoms with van der Waals surface area (Å²) >= 11 is 1.60. The largest absolute Gasteiger partial charge is 0.376 e. The SMILES string of the molecule is O=C(CCn1ccc(=O)[nH]c1=O)N(Cc1ccsc1)C[C@H]1CCCO1. The molecule has 0 spiro atoms. The minimum absolute atomic E-state index is 0.0280. The van der Waals surface area contributed by atoms with Crippen molar-refractivity contribution in [2.24, 2.45) is 0 Å². The number of amides is 1. The Labute approximate surface area is 148 Å². The Bertz CT molecular complexity index is 806. The molecule has 0 unspecified atom stereocenters. The van der Waals surface area contributed by atoms with Gasteiger partial charge in [-0.15, -0.1) is 0 Å². The van der Waals surface area contributed by atoms with E-state index in [1.165, 1.54) is 16.8 Å². The van der Waals surface area contributed by atoms with E-state index in [0.717, 1.165) is 25.0 Å². The molecule has 3 rings (SSSR count). The van der Waals surface area contributed by atoms with E-state index in [1.807, 2.05) is 16.8 Å². The number of nitrogens with one attached hydrogen (secondary N) is 1. The number of nitrogens with zero attached hydrogens (tertiary/aromatic N) is 2. The molecule has 1 amide bonds. The summed E-state index contributed by atoms with van der Waals surface area (Å²) in [5, 5.41) is 4.02. The molecule has 0 saturated carbocycles. The predicted molar refractivity (Wildman–Crippen MR) is 94.6 cm³/mol. The van der Waals surface area contributed by atoms with Crippen LogP contribution in [-0.4, -0.2) is 39.6 Å². The quantitative estimate of drug-likeness (QED) is 0.801. The van der Waals surface area contributed by atoms with Crippen molar-refractivity contribution < 1.29 is 9.53 Å². The van der Waals surface area contributed by atoms with E-state index in [-0.39, 0.29) is 25.0 Å². The molecule has 3 heterocycles. The molecular weight excluding hydrogens is 342 g/mol. The molecule has 2 aromatic heterocycles. The number of ether oxygens (including phenoxy) is 1. The topological polar surface area (TPSA) is 84.4 Å². The molecule has 7 nitrogen and oxygen atoms in total. The highest BCUT2D eigenvalue weighted by atomic mass is 32.1. The fraction of sp³-hybridized carbons (Fsp3) is 0.471. The van der Waals surface area contributed by atoms with Crippen LogP contribution in [0, 0.1) is 0 Å². The van der Waals surface area contributed by atoms with Gasteiger partial charge in [-0.05, 0) is 35.2 Å². The molecule has 1 saturated heterocycles. The van der Waals surface area contributed by atoms with Crippen LogP contribution in [0.25, 0.3) is 0 Å². The number of carbonyl (C=O) groups excluding carboxylic acids is 1. The van der Waals surface area contributed by atoms with E-state index in [9.17, 15) is 14.4 Å². The average molecular weight is 363 g/mol. The van der Waals surface area contributed by atoms with Crippen LogP contribution < -0.4 is 11.2 Å². The molecule has 25 heavy (non-hydrogen) atoms. The van der Waals surface area contributed by atoms with Crippen molar-refractivity contribution in [1.29, 1.82) is 0 Å². The van der Waals surface area contributed by atoms with Crippen molar-refractivity contribution in [2.75, 3.05) is 13.2 Å². The summed E-state index contributed by atoms with van der Waals surface area (Å²) in [6, 6.07) is 3.29. The number of hydrogen-bond donors (Lipinski definition) is 1. The first-order valence-electron chi connectivity index (χ1n) is 8.32. The number of aromatic amines is 1. The zero-order chi connectivity index (χ0) is 17.6. The summed E-state index contributed by atoms with van der Waals surface area (Å²) in [5.74, 6) is -0.0280. The average Bonchev–Trinajstić information content (AvgIpc) is 3.27. The number of rotatable bonds is 7. The summed E-state index contributed by atoms with van der Waals surface area (Å²) in [5.41, 5.74) is 0.159. The summed E-state index contributed by atoms with van der Waals surface area (Å²) in [6.45, 7) is 2.09. The van der Waals surface area contributed by atoms with Gasteiger partial charge in [0.25, 0.3) is 5.56 Å². The highest BCUT2D eigenvalue weighted by molar-refractivity contribution is 7.07. The third kappa shape index (κ3) is 4.90. The van der Waals surface area contributed by atoms with Crippen LogP contribution in [0.2, 0.25) is 0 Å². The van der Waals surface area contributed by atoms with Crippen LogP contribution in [0.1, 0.15) is 24.8 Å². The van der Waals surface area contributed by atoms with Gasteiger partial charge in [0.2, 0.25) is 5.91 Å². The van der Waals surface area contributed by atoms with E-state index in [2.05, 4.69) is 4.98 Å². The molecule has 1 atom stereocenters. The van der Waals surface area contributed by atoms with Crippen LogP contribution >= 0.6 is 11.3 Å². The molecule has 1 aliphatic heterocycles. The van der Waals surface area contributed by atoms with E-state index >= 15 is 0 Å². The van der Waals surface area contributed by atoms with Gasteiger partial charge < -0.3 is 14.2 Å². The number of hydrogen-bond acceptors (Lipinski definition) is 5. The number of aromatic nitrogens is 2. The van der Waals surface area contributed by atoms with Gasteiger partial charge in [0.1, 0.15) is 0 Å². The Morgan fingerprint density at radius 1 is 1.40 bits per heavy atom. The minimum atomic E-state index is -0.496. The van der Waals surface area contributed by atoms with Crippen molar-refractivity contribution in [1.82, 2.24) is 14.5 Å². The lowest BCUT2D eigenvalue weighted by Gasteiger charge is -2.25. The minimum Gasteiger partial charge on any atom is -0.376 e. The second-order valence-corrected chi connectivity index (χ2v) is 6.87. The highest BCUT2D eigenvalue weighted by Gasteiger charge is 2.22. The molecule has 1 aliphatic rings. The number of aryl methyl sites for hydroxylation is 1. The Morgan fingerprint density at radius 3 is 2.96 bits per heavy atom. The number of carbonyl (C=O) groups is 1. The first-order chi connectivity index (χ1) is 12.1. The van der Waals surface area contributed by atoms with Gasteiger partial charge in [-0.1, -0.05) is 0 Å². The first kappa shape index (κ1) is 17.6. The van der Waals surface area contributed by atoms with E-state index in [4.69, 9.17) is 4.74 Å². The molecule has 0 radical (unpaired) electrons. The van der Waals surface area contributed by atoms with Gasteiger partial charge in [-0.3, -0.25) is 14.6 Å². The van der Waals surface area contributed by atoms with Crippen LogP contribution in [0.4, 0.5) is 0 Å². The third-order valence-corrected chi connectivity index (χ3v) is 4.95. The highest BCUT2D eigenvalue weighted by Crippen LogP contribution is 2.17. The lowest BCUT2D eigenvalue weighted by Crippen LogP contribution is -2.38. The van der Waals surface area contributed by atoms with Gasteiger partial charge >= 0.3 is 5.69 Å². The van der Waals surface area contributed by atoms with Crippen molar-refractivity contribution in [3.63, 3.8) is 0 Å². The first-order valence-corrected chi connectivity index (χ1v) is 9.26. The monoisotopic (exact) mass is 363 g/mol.